The molecule has 0 unspecified atom stereocenters. The van der Waals surface area contributed by atoms with Crippen LogP contribution in [0.25, 0.3) is 6.08 Å². The summed E-state index contributed by atoms with van der Waals surface area (Å²) in [5.74, 6) is 0.723. The van der Waals surface area contributed by atoms with E-state index in [1.807, 2.05) is 62.4 Å². The Hall–Kier alpha value is -2.53. The van der Waals surface area contributed by atoms with Crippen molar-refractivity contribution in [3.05, 3.63) is 64.1 Å². The minimum atomic E-state index is -0.119. The van der Waals surface area contributed by atoms with E-state index in [9.17, 15) is 4.79 Å². The Morgan fingerprint density at radius 2 is 1.81 bits per heavy atom. The number of nitrogens with zero attached hydrogens (tertiary/aromatic N) is 1. The summed E-state index contributed by atoms with van der Waals surface area (Å²) >= 11 is 1.36. The second kappa shape index (κ2) is 8.23. The number of aliphatic imine (C=N–C) groups is 1. The van der Waals surface area contributed by atoms with E-state index in [2.05, 4.69) is 17.2 Å². The van der Waals surface area contributed by atoms with Crippen molar-refractivity contribution in [2.75, 3.05) is 6.61 Å². The zero-order valence-corrected chi connectivity index (χ0v) is 16.0. The van der Waals surface area contributed by atoms with Gasteiger partial charge in [0.05, 0.1) is 17.2 Å². The Morgan fingerprint density at radius 3 is 2.46 bits per heavy atom. The van der Waals surface area contributed by atoms with Crippen molar-refractivity contribution in [3.63, 3.8) is 0 Å². The third-order valence-corrected chi connectivity index (χ3v) is 4.86. The number of carbonyl (C=O) groups excluding carboxylic acids is 1. The number of ether oxygens (including phenoxy) is 1. The minimum absolute atomic E-state index is 0.119. The summed E-state index contributed by atoms with van der Waals surface area (Å²) in [5, 5.41) is 3.46. The summed E-state index contributed by atoms with van der Waals surface area (Å²) in [6.07, 6.45) is 2.85. The van der Waals surface area contributed by atoms with Crippen LogP contribution in [0.1, 0.15) is 30.0 Å². The van der Waals surface area contributed by atoms with Crippen molar-refractivity contribution in [1.29, 1.82) is 0 Å². The predicted molar refractivity (Wildman–Crippen MR) is 109 cm³/mol. The molecule has 1 fully saturated rings. The monoisotopic (exact) mass is 366 g/mol. The van der Waals surface area contributed by atoms with Crippen LogP contribution in [-0.4, -0.2) is 17.7 Å². The van der Waals surface area contributed by atoms with Crippen molar-refractivity contribution >= 4 is 34.6 Å². The topological polar surface area (TPSA) is 50.7 Å². The largest absolute Gasteiger partial charge is 0.494 e. The van der Waals surface area contributed by atoms with Gasteiger partial charge in [-0.15, -0.1) is 0 Å². The van der Waals surface area contributed by atoms with Gasteiger partial charge in [0.15, 0.2) is 5.17 Å². The van der Waals surface area contributed by atoms with E-state index in [4.69, 9.17) is 4.74 Å². The molecule has 1 N–H and O–H groups in total. The van der Waals surface area contributed by atoms with Crippen molar-refractivity contribution < 1.29 is 9.53 Å². The maximum atomic E-state index is 12.3. The molecule has 5 heteroatoms. The van der Waals surface area contributed by atoms with Crippen LogP contribution in [0.3, 0.4) is 0 Å². The van der Waals surface area contributed by atoms with E-state index in [-0.39, 0.29) is 5.91 Å². The first kappa shape index (κ1) is 18.3. The summed E-state index contributed by atoms with van der Waals surface area (Å²) < 4.78 is 5.58. The number of nitrogens with one attached hydrogen (secondary N) is 1. The number of thioether (sulfide) groups is 1. The number of aryl methyl sites for hydroxylation is 2. The third-order valence-electron chi connectivity index (χ3n) is 3.95. The zero-order valence-electron chi connectivity index (χ0n) is 15.2. The summed E-state index contributed by atoms with van der Waals surface area (Å²) in [6, 6.07) is 13.8. The molecule has 0 saturated carbocycles. The first-order chi connectivity index (χ1) is 12.6. The van der Waals surface area contributed by atoms with Crippen LogP contribution >= 0.6 is 11.8 Å². The second-order valence-corrected chi connectivity index (χ2v) is 7.17. The molecule has 1 amide bonds. The minimum Gasteiger partial charge on any atom is -0.494 e. The second-order valence-electron chi connectivity index (χ2n) is 6.14. The summed E-state index contributed by atoms with van der Waals surface area (Å²) in [6.45, 7) is 6.82. The van der Waals surface area contributed by atoms with Gasteiger partial charge >= 0.3 is 0 Å². The van der Waals surface area contributed by atoms with Crippen LogP contribution in [-0.2, 0) is 4.79 Å². The molecule has 1 saturated heterocycles. The number of benzene rings is 2. The fourth-order valence-electron chi connectivity index (χ4n) is 2.60. The Labute approximate surface area is 158 Å². The molecule has 1 aliphatic heterocycles. The van der Waals surface area contributed by atoms with Crippen LogP contribution < -0.4 is 10.1 Å². The van der Waals surface area contributed by atoms with E-state index < -0.39 is 0 Å². The molecule has 1 heterocycles. The van der Waals surface area contributed by atoms with Gasteiger partial charge in [0.25, 0.3) is 5.91 Å². The highest BCUT2D eigenvalue weighted by Crippen LogP contribution is 2.30. The van der Waals surface area contributed by atoms with Crippen LogP contribution in [0.4, 0.5) is 5.69 Å². The van der Waals surface area contributed by atoms with Crippen molar-refractivity contribution in [2.45, 2.75) is 27.2 Å². The lowest BCUT2D eigenvalue weighted by Crippen LogP contribution is -2.19. The van der Waals surface area contributed by atoms with Crippen molar-refractivity contribution in [2.24, 2.45) is 4.99 Å². The Bertz CT molecular complexity index is 850. The highest BCUT2D eigenvalue weighted by molar-refractivity contribution is 8.18. The van der Waals surface area contributed by atoms with Gasteiger partial charge in [-0.25, -0.2) is 4.99 Å². The molecule has 134 valence electrons. The molecule has 2 aromatic carbocycles. The molecule has 4 nitrogen and oxygen atoms in total. The maximum Gasteiger partial charge on any atom is 0.264 e. The van der Waals surface area contributed by atoms with Gasteiger partial charge < -0.3 is 10.1 Å². The van der Waals surface area contributed by atoms with Gasteiger partial charge in [-0.2, -0.15) is 0 Å². The van der Waals surface area contributed by atoms with E-state index in [0.717, 1.165) is 34.5 Å². The zero-order chi connectivity index (χ0) is 18.5. The van der Waals surface area contributed by atoms with Gasteiger partial charge in [-0.05, 0) is 66.9 Å². The predicted octanol–water partition coefficient (Wildman–Crippen LogP) is 4.98. The summed E-state index contributed by atoms with van der Waals surface area (Å²) in [5.41, 5.74) is 4.05. The number of amides is 1. The molecule has 0 spiro atoms. The Kier molecular flexibility index (Phi) is 5.78. The maximum absolute atomic E-state index is 12.3. The summed E-state index contributed by atoms with van der Waals surface area (Å²) in [7, 11) is 0. The number of hydrogen-bond acceptors (Lipinski definition) is 4. The van der Waals surface area contributed by atoms with Gasteiger partial charge in [0, 0.05) is 0 Å². The standard InChI is InChI=1S/C21H22N2O2S/c1-4-12-25-17-10-8-16(9-11-17)13-18-20(24)23-21(26-18)22-19-14(2)6-5-7-15(19)3/h5-11,13H,4,12H2,1-3H3,(H,22,23,24)/b18-13-. The normalized spacial score (nSPS) is 17.0. The van der Waals surface area contributed by atoms with Crippen LogP contribution in [0.2, 0.25) is 0 Å². The fourth-order valence-corrected chi connectivity index (χ4v) is 3.42. The van der Waals surface area contributed by atoms with Gasteiger partial charge in [0.1, 0.15) is 5.75 Å². The third kappa shape index (κ3) is 4.35. The number of rotatable bonds is 5. The first-order valence-corrected chi connectivity index (χ1v) is 9.47. The Morgan fingerprint density at radius 1 is 1.12 bits per heavy atom. The molecule has 3 rings (SSSR count). The lowest BCUT2D eigenvalue weighted by Gasteiger charge is -2.04. The smallest absolute Gasteiger partial charge is 0.264 e. The highest BCUT2D eigenvalue weighted by Gasteiger charge is 2.24. The average Bonchev–Trinajstić information content (AvgIpc) is 2.97. The van der Waals surface area contributed by atoms with Crippen molar-refractivity contribution in [3.8, 4) is 5.75 Å². The molecular weight excluding hydrogens is 344 g/mol. The molecule has 26 heavy (non-hydrogen) atoms. The Balaban J connectivity index is 1.77. The molecule has 1 aliphatic rings. The molecule has 0 aliphatic carbocycles. The SMILES string of the molecule is CCCOc1ccc(/C=C2\SC(=Nc3c(C)cccc3C)NC2=O)cc1. The first-order valence-electron chi connectivity index (χ1n) is 8.65. The van der Waals surface area contributed by atoms with E-state index in [1.54, 1.807) is 0 Å². The van der Waals surface area contributed by atoms with Crippen LogP contribution in [0.15, 0.2) is 52.4 Å². The fraction of sp³-hybridized carbons (Fsp3) is 0.238. The highest BCUT2D eigenvalue weighted by atomic mass is 32.2. The lowest BCUT2D eigenvalue weighted by atomic mass is 10.1. The van der Waals surface area contributed by atoms with Gasteiger partial charge in [0.2, 0.25) is 0 Å². The average molecular weight is 366 g/mol. The molecule has 0 bridgehead atoms. The van der Waals surface area contributed by atoms with E-state index >= 15 is 0 Å². The quantitative estimate of drug-likeness (QED) is 0.759. The van der Waals surface area contributed by atoms with E-state index in [0.29, 0.717) is 16.7 Å². The summed E-state index contributed by atoms with van der Waals surface area (Å²) in [4.78, 5) is 17.5. The number of para-hydroxylation sites is 1. The van der Waals surface area contributed by atoms with E-state index in [1.165, 1.54) is 11.8 Å². The van der Waals surface area contributed by atoms with Gasteiger partial charge in [-0.1, -0.05) is 37.3 Å². The molecule has 2 aromatic rings. The molecule has 0 aromatic heterocycles. The van der Waals surface area contributed by atoms with Gasteiger partial charge in [-0.3, -0.25) is 4.79 Å². The van der Waals surface area contributed by atoms with Crippen LogP contribution in [0, 0.1) is 13.8 Å². The lowest BCUT2D eigenvalue weighted by molar-refractivity contribution is -0.115. The molecular formula is C21H22N2O2S. The number of carbonyl (C=O) groups is 1. The number of amidine groups is 1. The van der Waals surface area contributed by atoms with Crippen molar-refractivity contribution in [1.82, 2.24) is 5.32 Å². The molecule has 0 radical (unpaired) electrons. The molecule has 0 atom stereocenters. The van der Waals surface area contributed by atoms with Crippen LogP contribution in [0.5, 0.6) is 5.75 Å². The number of hydrogen-bond donors (Lipinski definition) is 1.